The van der Waals surface area contributed by atoms with Crippen molar-refractivity contribution in [1.82, 2.24) is 4.98 Å². The normalized spacial score (nSPS) is 19.9. The van der Waals surface area contributed by atoms with E-state index in [0.717, 1.165) is 40.0 Å². The second kappa shape index (κ2) is 10.1. The van der Waals surface area contributed by atoms with Crippen LogP contribution in [0.15, 0.2) is 115 Å². The second-order valence-corrected chi connectivity index (χ2v) is 11.7. The van der Waals surface area contributed by atoms with E-state index in [4.69, 9.17) is 14.5 Å². The summed E-state index contributed by atoms with van der Waals surface area (Å²) in [6.07, 6.45) is 5.48. The van der Waals surface area contributed by atoms with Gasteiger partial charge < -0.3 is 4.42 Å². The van der Waals surface area contributed by atoms with Crippen LogP contribution in [0.4, 0.5) is 5.13 Å². The van der Waals surface area contributed by atoms with Gasteiger partial charge >= 0.3 is 5.63 Å². The minimum atomic E-state index is -0.393. The van der Waals surface area contributed by atoms with Gasteiger partial charge in [-0.2, -0.15) is 5.10 Å². The van der Waals surface area contributed by atoms with Crippen LogP contribution < -0.4 is 10.6 Å². The summed E-state index contributed by atoms with van der Waals surface area (Å²) in [4.78, 5) is 17.8. The maximum Gasteiger partial charge on any atom is 0.345 e. The zero-order chi connectivity index (χ0) is 26.3. The summed E-state index contributed by atoms with van der Waals surface area (Å²) in [5.74, 6) is 0.270. The number of nitrogens with zero attached hydrogens (tertiary/aromatic N) is 3. The van der Waals surface area contributed by atoms with Crippen LogP contribution in [0.1, 0.15) is 36.4 Å². The highest BCUT2D eigenvalue weighted by Gasteiger charge is 2.42. The quantitative estimate of drug-likeness (QED) is 0.196. The molecule has 0 radical (unpaired) electrons. The summed E-state index contributed by atoms with van der Waals surface area (Å²) < 4.78 is 6.54. The van der Waals surface area contributed by atoms with E-state index in [2.05, 4.69) is 75.5 Å². The average molecular weight is 595 g/mol. The van der Waals surface area contributed by atoms with Crippen LogP contribution in [0.2, 0.25) is 0 Å². The lowest BCUT2D eigenvalue weighted by molar-refractivity contribution is 0.487. The number of aromatic nitrogens is 1. The first-order valence-corrected chi connectivity index (χ1v) is 14.7. The third kappa shape index (κ3) is 4.56. The molecule has 3 aromatic carbocycles. The fourth-order valence-electron chi connectivity index (χ4n) is 5.66. The molecular weight excluding hydrogens is 570 g/mol. The molecule has 0 unspecified atom stereocenters. The monoisotopic (exact) mass is 593 g/mol. The molecule has 1 aliphatic carbocycles. The molecule has 0 saturated heterocycles. The predicted molar refractivity (Wildman–Crippen MR) is 162 cm³/mol. The molecule has 0 N–H and O–H groups in total. The van der Waals surface area contributed by atoms with Gasteiger partial charge in [0.1, 0.15) is 5.58 Å². The fourth-order valence-corrected chi connectivity index (χ4v) is 6.85. The highest BCUT2D eigenvalue weighted by molar-refractivity contribution is 9.10. The Kier molecular flexibility index (Phi) is 6.25. The fraction of sp³-hybridized carbons (Fsp3) is 0.156. The Labute approximate surface area is 238 Å². The number of hydrogen-bond donors (Lipinski definition) is 0. The lowest BCUT2D eigenvalue weighted by Crippen LogP contribution is -2.28. The molecule has 3 heterocycles. The second-order valence-electron chi connectivity index (χ2n) is 9.91. The van der Waals surface area contributed by atoms with Gasteiger partial charge in [0, 0.05) is 21.2 Å². The van der Waals surface area contributed by atoms with Crippen molar-refractivity contribution >= 4 is 55.2 Å². The third-order valence-electron chi connectivity index (χ3n) is 7.44. The average Bonchev–Trinajstić information content (AvgIpc) is 3.60. The largest absolute Gasteiger partial charge is 0.422 e. The number of fused-ring (bicyclic) bond motifs is 2. The van der Waals surface area contributed by atoms with Crippen LogP contribution in [-0.4, -0.2) is 10.7 Å². The number of hydrazone groups is 1. The highest BCUT2D eigenvalue weighted by Crippen LogP contribution is 2.47. The molecule has 5 nitrogen and oxygen atoms in total. The van der Waals surface area contributed by atoms with Crippen LogP contribution >= 0.6 is 27.3 Å². The van der Waals surface area contributed by atoms with Crippen LogP contribution in [0.25, 0.3) is 28.3 Å². The number of halogens is 1. The highest BCUT2D eigenvalue weighted by atomic mass is 79.9. The Morgan fingerprint density at radius 3 is 2.62 bits per heavy atom. The van der Waals surface area contributed by atoms with Gasteiger partial charge in [-0.05, 0) is 66.3 Å². The number of thiazole rings is 1. The molecule has 1 aliphatic heterocycles. The molecule has 2 aliphatic rings. The zero-order valence-electron chi connectivity index (χ0n) is 21.0. The van der Waals surface area contributed by atoms with E-state index < -0.39 is 5.63 Å². The van der Waals surface area contributed by atoms with E-state index in [1.54, 1.807) is 6.07 Å². The molecule has 39 heavy (non-hydrogen) atoms. The Morgan fingerprint density at radius 1 is 1.00 bits per heavy atom. The summed E-state index contributed by atoms with van der Waals surface area (Å²) >= 11 is 5.01. The number of benzene rings is 3. The maximum absolute atomic E-state index is 12.9. The first kappa shape index (κ1) is 24.2. The SMILES string of the molecule is O=c1oc2ccc(Br)cc2cc1-c1csc(N2N=C3/C(=C\c4ccccc4)CCC[C@H]3[C@H]2c2ccccc2)n1. The minimum Gasteiger partial charge on any atom is -0.422 e. The molecule has 5 aromatic rings. The van der Waals surface area contributed by atoms with Crippen molar-refractivity contribution in [2.75, 3.05) is 5.01 Å². The van der Waals surface area contributed by atoms with E-state index in [9.17, 15) is 4.79 Å². The van der Waals surface area contributed by atoms with E-state index in [-0.39, 0.29) is 12.0 Å². The first-order valence-electron chi connectivity index (χ1n) is 13.0. The number of rotatable bonds is 4. The van der Waals surface area contributed by atoms with Crippen molar-refractivity contribution in [2.45, 2.75) is 25.3 Å². The summed E-state index contributed by atoms with van der Waals surface area (Å²) in [5.41, 5.74) is 6.06. The molecule has 7 heteroatoms. The predicted octanol–water partition coefficient (Wildman–Crippen LogP) is 8.48. The van der Waals surface area contributed by atoms with Gasteiger partial charge in [-0.25, -0.2) is 14.8 Å². The molecule has 0 bridgehead atoms. The van der Waals surface area contributed by atoms with E-state index >= 15 is 0 Å². The van der Waals surface area contributed by atoms with Gasteiger partial charge in [0.15, 0.2) is 0 Å². The lowest BCUT2D eigenvalue weighted by Gasteiger charge is -2.29. The summed E-state index contributed by atoms with van der Waals surface area (Å²) in [5, 5.41) is 10.8. The van der Waals surface area contributed by atoms with Crippen molar-refractivity contribution in [1.29, 1.82) is 0 Å². The van der Waals surface area contributed by atoms with Crippen molar-refractivity contribution in [3.05, 3.63) is 122 Å². The molecule has 2 atom stereocenters. The van der Waals surface area contributed by atoms with Crippen molar-refractivity contribution in [3.63, 3.8) is 0 Å². The minimum absolute atomic E-state index is 0.0450. The Bertz CT molecular complexity index is 1790. The molecule has 1 saturated carbocycles. The number of allylic oxidation sites excluding steroid dienone is 1. The van der Waals surface area contributed by atoms with Crippen molar-refractivity contribution in [3.8, 4) is 11.3 Å². The smallest absolute Gasteiger partial charge is 0.345 e. The first-order chi connectivity index (χ1) is 19.1. The molecule has 0 spiro atoms. The number of anilines is 1. The van der Waals surface area contributed by atoms with E-state index in [1.165, 1.54) is 28.0 Å². The van der Waals surface area contributed by atoms with E-state index in [1.807, 2.05) is 35.7 Å². The van der Waals surface area contributed by atoms with Crippen LogP contribution in [0.5, 0.6) is 0 Å². The van der Waals surface area contributed by atoms with Gasteiger partial charge in [-0.15, -0.1) is 11.3 Å². The standard InChI is InChI=1S/C32H24BrN3O2S/c33-24-14-15-28-23(17-24)18-26(31(37)38-28)27-19-39-32(34-27)36-30(21-10-5-2-6-11-21)25-13-7-12-22(29(25)35-36)16-20-8-3-1-4-9-20/h1-6,8-11,14-19,25,30H,7,12-13H2/b22-16-/t25-,30-/m1/s1. The molecular formula is C32H24BrN3O2S. The maximum atomic E-state index is 12.9. The topological polar surface area (TPSA) is 58.7 Å². The number of hydrogen-bond acceptors (Lipinski definition) is 6. The van der Waals surface area contributed by atoms with Crippen molar-refractivity contribution in [2.24, 2.45) is 11.0 Å². The molecule has 192 valence electrons. The van der Waals surface area contributed by atoms with E-state index in [0.29, 0.717) is 16.8 Å². The van der Waals surface area contributed by atoms with Crippen molar-refractivity contribution < 1.29 is 4.42 Å². The van der Waals surface area contributed by atoms with Gasteiger partial charge in [0.05, 0.1) is 23.0 Å². The third-order valence-corrected chi connectivity index (χ3v) is 8.76. The zero-order valence-corrected chi connectivity index (χ0v) is 23.4. The Balaban J connectivity index is 1.32. The Hall–Kier alpha value is -3.81. The van der Waals surface area contributed by atoms with Crippen LogP contribution in [0.3, 0.4) is 0 Å². The van der Waals surface area contributed by atoms with Crippen LogP contribution in [-0.2, 0) is 0 Å². The summed E-state index contributed by atoms with van der Waals surface area (Å²) in [6, 6.07) is 28.5. The van der Waals surface area contributed by atoms with Crippen LogP contribution in [0, 0.1) is 5.92 Å². The summed E-state index contributed by atoms with van der Waals surface area (Å²) in [6.45, 7) is 0. The van der Waals surface area contributed by atoms with Gasteiger partial charge in [-0.3, -0.25) is 0 Å². The molecule has 7 rings (SSSR count). The van der Waals surface area contributed by atoms with Gasteiger partial charge in [0.25, 0.3) is 0 Å². The summed E-state index contributed by atoms with van der Waals surface area (Å²) in [7, 11) is 0. The van der Waals surface area contributed by atoms with Gasteiger partial charge in [0.2, 0.25) is 5.13 Å². The molecule has 0 amide bonds. The molecule has 1 fully saturated rings. The molecule has 2 aromatic heterocycles. The van der Waals surface area contributed by atoms with Gasteiger partial charge in [-0.1, -0.05) is 76.6 Å². The Morgan fingerprint density at radius 2 is 1.79 bits per heavy atom. The lowest BCUT2D eigenvalue weighted by atomic mass is 9.77.